The monoisotopic (exact) mass is 234 g/mol. The lowest BCUT2D eigenvalue weighted by atomic mass is 10.2. The van der Waals surface area contributed by atoms with E-state index in [0.717, 1.165) is 5.56 Å². The summed E-state index contributed by atoms with van der Waals surface area (Å²) in [6.07, 6.45) is 0. The number of para-hydroxylation sites is 1. The van der Waals surface area contributed by atoms with Crippen molar-refractivity contribution in [1.82, 2.24) is 0 Å². The lowest BCUT2D eigenvalue weighted by Gasteiger charge is -2.10. The molecule has 0 aliphatic heterocycles. The van der Waals surface area contributed by atoms with Gasteiger partial charge in [0.1, 0.15) is 17.3 Å². The summed E-state index contributed by atoms with van der Waals surface area (Å²) in [5, 5.41) is 2.70. The number of rotatable bonds is 2. The van der Waals surface area contributed by atoms with Crippen molar-refractivity contribution in [3.05, 3.63) is 53.6 Å². The van der Waals surface area contributed by atoms with Crippen LogP contribution in [0.4, 0.5) is 25.8 Å². The number of nitrogens with two attached hydrogens (primary N) is 1. The molecule has 3 N–H and O–H groups in total. The normalized spacial score (nSPS) is 10.3. The lowest BCUT2D eigenvalue weighted by Crippen LogP contribution is -1.98. The second kappa shape index (κ2) is 4.41. The Bertz CT molecular complexity index is 533. The smallest absolute Gasteiger partial charge is 0.149 e. The number of nitrogen functional groups attached to an aromatic ring is 1. The first-order valence-corrected chi connectivity index (χ1v) is 5.15. The molecule has 0 atom stereocenters. The Morgan fingerprint density at radius 3 is 2.29 bits per heavy atom. The van der Waals surface area contributed by atoms with E-state index in [-0.39, 0.29) is 5.69 Å². The van der Waals surface area contributed by atoms with Crippen molar-refractivity contribution in [3.63, 3.8) is 0 Å². The van der Waals surface area contributed by atoms with E-state index < -0.39 is 11.6 Å². The number of nitrogens with one attached hydrogen (secondary N) is 1. The molecule has 0 fully saturated rings. The first-order valence-electron chi connectivity index (χ1n) is 5.15. The molecule has 2 nitrogen and oxygen atoms in total. The van der Waals surface area contributed by atoms with Gasteiger partial charge in [0.2, 0.25) is 0 Å². The summed E-state index contributed by atoms with van der Waals surface area (Å²) < 4.78 is 26.8. The minimum atomic E-state index is -0.625. The van der Waals surface area contributed by atoms with Gasteiger partial charge in [0.25, 0.3) is 0 Å². The minimum absolute atomic E-state index is 0.156. The Labute approximate surface area is 98.1 Å². The van der Waals surface area contributed by atoms with Gasteiger partial charge in [-0.25, -0.2) is 8.78 Å². The fourth-order valence-electron chi connectivity index (χ4n) is 1.52. The summed E-state index contributed by atoms with van der Waals surface area (Å²) in [4.78, 5) is 0. The molecule has 0 amide bonds. The van der Waals surface area contributed by atoms with Crippen LogP contribution >= 0.6 is 0 Å². The molecule has 0 saturated carbocycles. The molecule has 88 valence electrons. The summed E-state index contributed by atoms with van der Waals surface area (Å²) in [7, 11) is 0. The van der Waals surface area contributed by atoms with Crippen LogP contribution in [0.15, 0.2) is 36.4 Å². The molecule has 0 aliphatic carbocycles. The average Bonchev–Trinajstić information content (AvgIpc) is 2.28. The topological polar surface area (TPSA) is 38.0 Å². The zero-order valence-corrected chi connectivity index (χ0v) is 9.30. The molecule has 0 aliphatic rings. The van der Waals surface area contributed by atoms with E-state index in [9.17, 15) is 8.78 Å². The van der Waals surface area contributed by atoms with Gasteiger partial charge in [0.15, 0.2) is 0 Å². The van der Waals surface area contributed by atoms with Crippen LogP contribution in [0.2, 0.25) is 0 Å². The molecule has 2 aromatic rings. The van der Waals surface area contributed by atoms with E-state index in [4.69, 9.17) is 5.73 Å². The van der Waals surface area contributed by atoms with E-state index in [1.54, 1.807) is 18.2 Å². The molecule has 0 radical (unpaired) electrons. The standard InChI is InChI=1S/C13H12F2N2/c1-8-7-9(5-6-12(8)16)17-13-10(14)3-2-4-11(13)15/h2-7,17H,16H2,1H3. The summed E-state index contributed by atoms with van der Waals surface area (Å²) in [5.41, 5.74) is 7.60. The van der Waals surface area contributed by atoms with Crippen LogP contribution in [0.1, 0.15) is 5.56 Å². The van der Waals surface area contributed by atoms with Gasteiger partial charge in [-0.05, 0) is 42.8 Å². The highest BCUT2D eigenvalue weighted by Gasteiger charge is 2.08. The van der Waals surface area contributed by atoms with E-state index in [1.165, 1.54) is 18.2 Å². The third kappa shape index (κ3) is 2.36. The van der Waals surface area contributed by atoms with Crippen LogP contribution in [0.25, 0.3) is 0 Å². The molecule has 2 rings (SSSR count). The summed E-state index contributed by atoms with van der Waals surface area (Å²) in [6, 6.07) is 8.83. The Morgan fingerprint density at radius 2 is 1.71 bits per heavy atom. The molecular weight excluding hydrogens is 222 g/mol. The fraction of sp³-hybridized carbons (Fsp3) is 0.0769. The van der Waals surface area contributed by atoms with Gasteiger partial charge in [-0.3, -0.25) is 0 Å². The molecular formula is C13H12F2N2. The maximum atomic E-state index is 13.4. The SMILES string of the molecule is Cc1cc(Nc2c(F)cccc2F)ccc1N. The van der Waals surface area contributed by atoms with Gasteiger partial charge in [-0.15, -0.1) is 0 Å². The van der Waals surface area contributed by atoms with Crippen molar-refractivity contribution in [2.24, 2.45) is 0 Å². The molecule has 0 saturated heterocycles. The Morgan fingerprint density at radius 1 is 1.06 bits per heavy atom. The fourth-order valence-corrected chi connectivity index (χ4v) is 1.52. The van der Waals surface area contributed by atoms with E-state index in [1.807, 2.05) is 6.92 Å². The summed E-state index contributed by atoms with van der Waals surface area (Å²) in [6.45, 7) is 1.83. The molecule has 0 spiro atoms. The number of aryl methyl sites for hydroxylation is 1. The van der Waals surface area contributed by atoms with Gasteiger partial charge in [-0.1, -0.05) is 6.07 Å². The van der Waals surface area contributed by atoms with Crippen LogP contribution in [0.3, 0.4) is 0 Å². The Hall–Kier alpha value is -2.10. The van der Waals surface area contributed by atoms with E-state index >= 15 is 0 Å². The first kappa shape index (κ1) is 11.4. The number of hydrogen-bond acceptors (Lipinski definition) is 2. The second-order valence-corrected chi connectivity index (χ2v) is 3.79. The maximum Gasteiger partial charge on any atom is 0.149 e. The predicted octanol–water partition coefficient (Wildman–Crippen LogP) is 3.60. The molecule has 4 heteroatoms. The molecule has 0 bridgehead atoms. The largest absolute Gasteiger partial charge is 0.399 e. The third-order valence-corrected chi connectivity index (χ3v) is 2.50. The highest BCUT2D eigenvalue weighted by Crippen LogP contribution is 2.25. The Kier molecular flexibility index (Phi) is 2.95. The first-order chi connectivity index (χ1) is 8.08. The van der Waals surface area contributed by atoms with Crippen LogP contribution in [-0.2, 0) is 0 Å². The molecule has 2 aromatic carbocycles. The minimum Gasteiger partial charge on any atom is -0.399 e. The molecule has 0 aromatic heterocycles. The van der Waals surface area contributed by atoms with Crippen LogP contribution in [0.5, 0.6) is 0 Å². The summed E-state index contributed by atoms with van der Waals surface area (Å²) >= 11 is 0. The van der Waals surface area contributed by atoms with Crippen molar-refractivity contribution in [2.45, 2.75) is 6.92 Å². The Balaban J connectivity index is 2.35. The maximum absolute atomic E-state index is 13.4. The molecule has 0 heterocycles. The van der Waals surface area contributed by atoms with E-state index in [0.29, 0.717) is 11.4 Å². The van der Waals surface area contributed by atoms with Gasteiger partial charge < -0.3 is 11.1 Å². The number of halogens is 2. The number of anilines is 3. The zero-order valence-electron chi connectivity index (χ0n) is 9.30. The van der Waals surface area contributed by atoms with Crippen molar-refractivity contribution >= 4 is 17.1 Å². The van der Waals surface area contributed by atoms with Crippen LogP contribution < -0.4 is 11.1 Å². The van der Waals surface area contributed by atoms with Gasteiger partial charge in [0, 0.05) is 11.4 Å². The highest BCUT2D eigenvalue weighted by molar-refractivity contribution is 5.64. The average molecular weight is 234 g/mol. The van der Waals surface area contributed by atoms with Crippen molar-refractivity contribution in [2.75, 3.05) is 11.1 Å². The van der Waals surface area contributed by atoms with Gasteiger partial charge >= 0.3 is 0 Å². The summed E-state index contributed by atoms with van der Waals surface area (Å²) in [5.74, 6) is -1.25. The van der Waals surface area contributed by atoms with Crippen molar-refractivity contribution in [3.8, 4) is 0 Å². The number of hydrogen-bond donors (Lipinski definition) is 2. The van der Waals surface area contributed by atoms with Gasteiger partial charge in [0.05, 0.1) is 0 Å². The van der Waals surface area contributed by atoms with Crippen molar-refractivity contribution in [1.29, 1.82) is 0 Å². The quantitative estimate of drug-likeness (QED) is 0.779. The van der Waals surface area contributed by atoms with Crippen LogP contribution in [0, 0.1) is 18.6 Å². The van der Waals surface area contributed by atoms with Crippen molar-refractivity contribution < 1.29 is 8.78 Å². The second-order valence-electron chi connectivity index (χ2n) is 3.79. The third-order valence-electron chi connectivity index (χ3n) is 2.50. The van der Waals surface area contributed by atoms with Gasteiger partial charge in [-0.2, -0.15) is 0 Å². The van der Waals surface area contributed by atoms with Crippen LogP contribution in [-0.4, -0.2) is 0 Å². The number of benzene rings is 2. The highest BCUT2D eigenvalue weighted by atomic mass is 19.1. The zero-order chi connectivity index (χ0) is 12.4. The predicted molar refractivity (Wildman–Crippen MR) is 65.2 cm³/mol. The van der Waals surface area contributed by atoms with E-state index in [2.05, 4.69) is 5.32 Å². The molecule has 0 unspecified atom stereocenters. The lowest BCUT2D eigenvalue weighted by molar-refractivity contribution is 0.591. The molecule has 17 heavy (non-hydrogen) atoms.